The standard InChI is InChI=1S/C10H12BrNO2/c1-14-10-4-7(2-8(12)5-10)3-9(13)6-11/h2,4-5H,3,6,12H2,1H3. The minimum Gasteiger partial charge on any atom is -0.497 e. The molecular formula is C10H12BrNO2. The first-order valence-corrected chi connectivity index (χ1v) is 5.29. The van der Waals surface area contributed by atoms with Crippen LogP contribution in [0.5, 0.6) is 5.75 Å². The number of benzene rings is 1. The van der Waals surface area contributed by atoms with Gasteiger partial charge in [0, 0.05) is 18.2 Å². The minimum absolute atomic E-state index is 0.123. The van der Waals surface area contributed by atoms with Gasteiger partial charge >= 0.3 is 0 Å². The molecular weight excluding hydrogens is 246 g/mol. The number of nitrogen functional groups attached to an aromatic ring is 1. The van der Waals surface area contributed by atoms with Crippen molar-refractivity contribution < 1.29 is 9.53 Å². The highest BCUT2D eigenvalue weighted by Crippen LogP contribution is 2.19. The molecule has 0 saturated carbocycles. The zero-order valence-corrected chi connectivity index (χ0v) is 9.50. The average Bonchev–Trinajstić information content (AvgIpc) is 2.16. The lowest BCUT2D eigenvalue weighted by atomic mass is 10.1. The van der Waals surface area contributed by atoms with Crippen molar-refractivity contribution in [2.24, 2.45) is 0 Å². The summed E-state index contributed by atoms with van der Waals surface area (Å²) in [5.41, 5.74) is 7.14. The number of methoxy groups -OCH3 is 1. The maximum Gasteiger partial charge on any atom is 0.147 e. The van der Waals surface area contributed by atoms with Crippen LogP contribution in [0.25, 0.3) is 0 Å². The van der Waals surface area contributed by atoms with Gasteiger partial charge in [-0.1, -0.05) is 15.9 Å². The van der Waals surface area contributed by atoms with Crippen LogP contribution >= 0.6 is 15.9 Å². The molecule has 0 saturated heterocycles. The lowest BCUT2D eigenvalue weighted by Gasteiger charge is -2.05. The molecule has 1 aromatic carbocycles. The smallest absolute Gasteiger partial charge is 0.147 e. The fourth-order valence-electron chi connectivity index (χ4n) is 1.18. The van der Waals surface area contributed by atoms with E-state index in [1.165, 1.54) is 0 Å². The number of ether oxygens (including phenoxy) is 1. The first-order valence-electron chi connectivity index (χ1n) is 4.17. The Hall–Kier alpha value is -1.03. The van der Waals surface area contributed by atoms with Gasteiger partial charge in [0.2, 0.25) is 0 Å². The first-order chi connectivity index (χ1) is 6.65. The van der Waals surface area contributed by atoms with Crippen LogP contribution in [0.15, 0.2) is 18.2 Å². The minimum atomic E-state index is 0.123. The Morgan fingerprint density at radius 1 is 1.50 bits per heavy atom. The molecule has 1 rings (SSSR count). The molecule has 0 heterocycles. The molecule has 0 aliphatic carbocycles. The Balaban J connectivity index is 2.86. The lowest BCUT2D eigenvalue weighted by Crippen LogP contribution is -2.04. The second kappa shape index (κ2) is 5.00. The van der Waals surface area contributed by atoms with E-state index in [4.69, 9.17) is 10.5 Å². The van der Waals surface area contributed by atoms with Gasteiger partial charge in [0.05, 0.1) is 12.4 Å². The van der Waals surface area contributed by atoms with Gasteiger partial charge in [0.25, 0.3) is 0 Å². The summed E-state index contributed by atoms with van der Waals surface area (Å²) >= 11 is 3.11. The van der Waals surface area contributed by atoms with Gasteiger partial charge in [-0.15, -0.1) is 0 Å². The van der Waals surface area contributed by atoms with Crippen molar-refractivity contribution in [3.05, 3.63) is 23.8 Å². The molecule has 0 radical (unpaired) electrons. The number of hydrogen-bond acceptors (Lipinski definition) is 3. The third kappa shape index (κ3) is 3.03. The largest absolute Gasteiger partial charge is 0.497 e. The Labute approximate surface area is 91.4 Å². The second-order valence-electron chi connectivity index (χ2n) is 2.96. The van der Waals surface area contributed by atoms with Crippen LogP contribution in [-0.2, 0) is 11.2 Å². The van der Waals surface area contributed by atoms with Crippen LogP contribution < -0.4 is 10.5 Å². The van der Waals surface area contributed by atoms with Crippen molar-refractivity contribution >= 4 is 27.4 Å². The number of alkyl halides is 1. The number of halogens is 1. The van der Waals surface area contributed by atoms with E-state index in [0.717, 1.165) is 5.56 Å². The maximum atomic E-state index is 11.2. The van der Waals surface area contributed by atoms with E-state index >= 15 is 0 Å². The van der Waals surface area contributed by atoms with Crippen molar-refractivity contribution in [3.63, 3.8) is 0 Å². The van der Waals surface area contributed by atoms with Crippen LogP contribution in [0, 0.1) is 0 Å². The fourth-order valence-corrected chi connectivity index (χ4v) is 1.38. The molecule has 1 aromatic rings. The Morgan fingerprint density at radius 3 is 2.79 bits per heavy atom. The summed E-state index contributed by atoms with van der Waals surface area (Å²) in [7, 11) is 1.57. The quantitative estimate of drug-likeness (QED) is 0.661. The summed E-state index contributed by atoms with van der Waals surface area (Å²) in [5, 5.41) is 0.365. The summed E-state index contributed by atoms with van der Waals surface area (Å²) in [6, 6.07) is 5.32. The van der Waals surface area contributed by atoms with E-state index in [0.29, 0.717) is 23.2 Å². The van der Waals surface area contributed by atoms with Crippen LogP contribution in [0.2, 0.25) is 0 Å². The van der Waals surface area contributed by atoms with E-state index in [2.05, 4.69) is 15.9 Å². The van der Waals surface area contributed by atoms with E-state index in [1.54, 1.807) is 19.2 Å². The number of ketones is 1. The summed E-state index contributed by atoms with van der Waals surface area (Å²) < 4.78 is 5.05. The molecule has 0 fully saturated rings. The number of anilines is 1. The molecule has 0 amide bonds. The Bertz CT molecular complexity index is 339. The van der Waals surface area contributed by atoms with Crippen molar-refractivity contribution in [2.45, 2.75) is 6.42 Å². The van der Waals surface area contributed by atoms with Crippen molar-refractivity contribution in [1.29, 1.82) is 0 Å². The molecule has 0 spiro atoms. The number of rotatable bonds is 4. The van der Waals surface area contributed by atoms with Gasteiger partial charge < -0.3 is 10.5 Å². The summed E-state index contributed by atoms with van der Waals surface area (Å²) in [6.07, 6.45) is 0.382. The molecule has 0 atom stereocenters. The van der Waals surface area contributed by atoms with E-state index in [-0.39, 0.29) is 5.78 Å². The molecule has 0 aliphatic rings. The van der Waals surface area contributed by atoms with Crippen molar-refractivity contribution in [2.75, 3.05) is 18.2 Å². The van der Waals surface area contributed by atoms with Crippen LogP contribution in [0.3, 0.4) is 0 Å². The molecule has 2 N–H and O–H groups in total. The number of carbonyl (C=O) groups is 1. The predicted molar refractivity (Wildman–Crippen MR) is 59.9 cm³/mol. The van der Waals surface area contributed by atoms with Crippen LogP contribution in [-0.4, -0.2) is 18.2 Å². The number of nitrogens with two attached hydrogens (primary N) is 1. The number of carbonyl (C=O) groups excluding carboxylic acids is 1. The van der Waals surface area contributed by atoms with Crippen LogP contribution in [0.1, 0.15) is 5.56 Å². The SMILES string of the molecule is COc1cc(N)cc(CC(=O)CBr)c1. The summed E-state index contributed by atoms with van der Waals surface area (Å²) in [4.78, 5) is 11.2. The first kappa shape index (κ1) is 11.0. The van der Waals surface area contributed by atoms with Gasteiger partial charge in [-0.2, -0.15) is 0 Å². The molecule has 76 valence electrons. The summed E-state index contributed by atoms with van der Waals surface area (Å²) in [6.45, 7) is 0. The van der Waals surface area contributed by atoms with Gasteiger partial charge in [0.15, 0.2) is 0 Å². The highest BCUT2D eigenvalue weighted by molar-refractivity contribution is 9.09. The van der Waals surface area contributed by atoms with E-state index in [1.807, 2.05) is 6.07 Å². The van der Waals surface area contributed by atoms with Crippen molar-refractivity contribution in [1.82, 2.24) is 0 Å². The Kier molecular flexibility index (Phi) is 3.95. The molecule has 4 heteroatoms. The van der Waals surface area contributed by atoms with Crippen LogP contribution in [0.4, 0.5) is 5.69 Å². The fraction of sp³-hybridized carbons (Fsp3) is 0.300. The lowest BCUT2D eigenvalue weighted by molar-refractivity contribution is -0.115. The predicted octanol–water partition coefficient (Wildman–Crippen LogP) is 1.78. The number of Topliss-reactive ketones (excluding diaryl/α,β-unsaturated/α-hetero) is 1. The molecule has 0 bridgehead atoms. The Morgan fingerprint density at radius 2 is 2.21 bits per heavy atom. The van der Waals surface area contributed by atoms with Crippen molar-refractivity contribution in [3.8, 4) is 5.75 Å². The van der Waals surface area contributed by atoms with E-state index < -0.39 is 0 Å². The van der Waals surface area contributed by atoms with E-state index in [9.17, 15) is 4.79 Å². The van der Waals surface area contributed by atoms with Gasteiger partial charge in [-0.05, 0) is 17.7 Å². The maximum absolute atomic E-state index is 11.2. The number of hydrogen-bond donors (Lipinski definition) is 1. The molecule has 0 unspecified atom stereocenters. The topological polar surface area (TPSA) is 52.3 Å². The highest BCUT2D eigenvalue weighted by atomic mass is 79.9. The third-order valence-corrected chi connectivity index (χ3v) is 2.40. The van der Waals surface area contributed by atoms with Gasteiger partial charge in [-0.25, -0.2) is 0 Å². The van der Waals surface area contributed by atoms with Gasteiger partial charge in [-0.3, -0.25) is 4.79 Å². The zero-order chi connectivity index (χ0) is 10.6. The third-order valence-electron chi connectivity index (χ3n) is 1.77. The monoisotopic (exact) mass is 257 g/mol. The summed E-state index contributed by atoms with van der Waals surface area (Å²) in [5.74, 6) is 0.806. The molecule has 0 aliphatic heterocycles. The molecule has 0 aromatic heterocycles. The molecule has 14 heavy (non-hydrogen) atoms. The second-order valence-corrected chi connectivity index (χ2v) is 3.52. The molecule has 3 nitrogen and oxygen atoms in total. The highest BCUT2D eigenvalue weighted by Gasteiger charge is 2.04. The van der Waals surface area contributed by atoms with Gasteiger partial charge in [0.1, 0.15) is 11.5 Å². The average molecular weight is 258 g/mol. The normalized spacial score (nSPS) is 9.86. The zero-order valence-electron chi connectivity index (χ0n) is 7.92.